The molecule has 3 unspecified atom stereocenters. The van der Waals surface area contributed by atoms with E-state index in [9.17, 15) is 4.79 Å². The van der Waals surface area contributed by atoms with Crippen molar-refractivity contribution in [2.45, 2.75) is 51.9 Å². The lowest BCUT2D eigenvalue weighted by Crippen LogP contribution is -2.02. The molecule has 0 amide bonds. The van der Waals surface area contributed by atoms with Crippen LogP contribution in [0.3, 0.4) is 0 Å². The van der Waals surface area contributed by atoms with Gasteiger partial charge in [-0.05, 0) is 48.8 Å². The second kappa shape index (κ2) is 7.48. The number of carboxylic acid groups (broad SMARTS) is 1. The number of hydrogen-bond acceptors (Lipinski definition) is 2. The number of hydrogen-bond donors (Lipinski definition) is 1. The van der Waals surface area contributed by atoms with Gasteiger partial charge in [-0.1, -0.05) is 38.8 Å². The van der Waals surface area contributed by atoms with Crippen LogP contribution in [0.2, 0.25) is 0 Å². The largest absolute Gasteiger partial charge is 0.494 e. The molecule has 0 aliphatic heterocycles. The molecule has 0 bridgehead atoms. The van der Waals surface area contributed by atoms with Crippen LogP contribution in [0.5, 0.6) is 5.75 Å². The molecule has 3 heteroatoms. The predicted molar refractivity (Wildman–Crippen MR) is 83.7 cm³/mol. The molecule has 0 spiro atoms. The molecule has 21 heavy (non-hydrogen) atoms. The standard InChI is InChI=1S/C18H26O3/c1-3-4-5-10-21-16-8-6-14(7-9-16)13(2)11-15-12-17(15)18(19)20/h6-9,13,15,17H,3-5,10-12H2,1-2H3,(H,19,20). The first-order valence-electron chi connectivity index (χ1n) is 8.07. The van der Waals surface area contributed by atoms with Crippen molar-refractivity contribution in [3.63, 3.8) is 0 Å². The molecule has 1 aliphatic rings. The third-order valence-electron chi connectivity index (χ3n) is 4.36. The Labute approximate surface area is 127 Å². The predicted octanol–water partition coefficient (Wildman–Crippen LogP) is 4.47. The quantitative estimate of drug-likeness (QED) is 0.682. The van der Waals surface area contributed by atoms with Gasteiger partial charge in [-0.25, -0.2) is 0 Å². The van der Waals surface area contributed by atoms with Gasteiger partial charge in [0, 0.05) is 0 Å². The van der Waals surface area contributed by atoms with Crippen molar-refractivity contribution in [1.82, 2.24) is 0 Å². The highest BCUT2D eigenvalue weighted by atomic mass is 16.5. The number of rotatable bonds is 9. The van der Waals surface area contributed by atoms with E-state index >= 15 is 0 Å². The van der Waals surface area contributed by atoms with Crippen molar-refractivity contribution in [1.29, 1.82) is 0 Å². The minimum absolute atomic E-state index is 0.103. The average molecular weight is 290 g/mol. The Morgan fingerprint density at radius 1 is 1.33 bits per heavy atom. The van der Waals surface area contributed by atoms with Gasteiger partial charge in [-0.15, -0.1) is 0 Å². The minimum Gasteiger partial charge on any atom is -0.494 e. The first kappa shape index (κ1) is 15.9. The maximum atomic E-state index is 10.9. The summed E-state index contributed by atoms with van der Waals surface area (Å²) in [6, 6.07) is 8.27. The Hall–Kier alpha value is -1.51. The lowest BCUT2D eigenvalue weighted by molar-refractivity contribution is -0.138. The van der Waals surface area contributed by atoms with Gasteiger partial charge in [-0.2, -0.15) is 0 Å². The zero-order chi connectivity index (χ0) is 15.2. The number of carbonyl (C=O) groups is 1. The number of aliphatic carboxylic acids is 1. The number of ether oxygens (including phenoxy) is 1. The Morgan fingerprint density at radius 2 is 2.05 bits per heavy atom. The second-order valence-corrected chi connectivity index (χ2v) is 6.20. The first-order chi connectivity index (χ1) is 10.1. The molecule has 1 aromatic rings. The van der Waals surface area contributed by atoms with E-state index < -0.39 is 5.97 Å². The van der Waals surface area contributed by atoms with Gasteiger partial charge in [0.1, 0.15) is 5.75 Å². The lowest BCUT2D eigenvalue weighted by Gasteiger charge is -2.12. The highest BCUT2D eigenvalue weighted by molar-refractivity contribution is 5.73. The molecule has 1 aromatic carbocycles. The van der Waals surface area contributed by atoms with E-state index in [0.29, 0.717) is 11.8 Å². The lowest BCUT2D eigenvalue weighted by atomic mass is 9.95. The summed E-state index contributed by atoms with van der Waals surface area (Å²) in [7, 11) is 0. The normalized spacial score (nSPS) is 21.8. The smallest absolute Gasteiger partial charge is 0.306 e. The van der Waals surface area contributed by atoms with Crippen molar-refractivity contribution < 1.29 is 14.6 Å². The third kappa shape index (κ3) is 4.76. The molecule has 0 saturated heterocycles. The van der Waals surface area contributed by atoms with Gasteiger partial charge in [0.25, 0.3) is 0 Å². The van der Waals surface area contributed by atoms with Gasteiger partial charge in [-0.3, -0.25) is 4.79 Å². The van der Waals surface area contributed by atoms with Crippen LogP contribution in [0.1, 0.15) is 57.4 Å². The summed E-state index contributed by atoms with van der Waals surface area (Å²) in [5.41, 5.74) is 1.27. The highest BCUT2D eigenvalue weighted by Gasteiger charge is 2.43. The van der Waals surface area contributed by atoms with Crippen molar-refractivity contribution >= 4 is 5.97 Å². The molecular formula is C18H26O3. The van der Waals surface area contributed by atoms with Crippen LogP contribution in [-0.2, 0) is 4.79 Å². The topological polar surface area (TPSA) is 46.5 Å². The molecule has 0 heterocycles. The van der Waals surface area contributed by atoms with Crippen LogP contribution in [0.4, 0.5) is 0 Å². The Balaban J connectivity index is 1.77. The van der Waals surface area contributed by atoms with Crippen LogP contribution in [-0.4, -0.2) is 17.7 Å². The van der Waals surface area contributed by atoms with Crippen LogP contribution in [0, 0.1) is 11.8 Å². The van der Waals surface area contributed by atoms with E-state index in [1.807, 2.05) is 12.1 Å². The fraction of sp³-hybridized carbons (Fsp3) is 0.611. The molecular weight excluding hydrogens is 264 g/mol. The average Bonchev–Trinajstić information content (AvgIpc) is 3.24. The molecule has 3 nitrogen and oxygen atoms in total. The van der Waals surface area contributed by atoms with Crippen molar-refractivity contribution in [3.8, 4) is 5.75 Å². The van der Waals surface area contributed by atoms with Crippen molar-refractivity contribution in [2.24, 2.45) is 11.8 Å². The molecule has 3 atom stereocenters. The zero-order valence-electron chi connectivity index (χ0n) is 13.0. The van der Waals surface area contributed by atoms with E-state index in [4.69, 9.17) is 9.84 Å². The summed E-state index contributed by atoms with van der Waals surface area (Å²) in [6.45, 7) is 5.14. The van der Waals surface area contributed by atoms with Gasteiger partial charge < -0.3 is 9.84 Å². The molecule has 0 aromatic heterocycles. The molecule has 1 fully saturated rings. The number of unbranched alkanes of at least 4 members (excludes halogenated alkanes) is 2. The van der Waals surface area contributed by atoms with E-state index in [0.717, 1.165) is 31.6 Å². The van der Waals surface area contributed by atoms with Gasteiger partial charge in [0.05, 0.1) is 12.5 Å². The molecule has 1 aliphatic carbocycles. The minimum atomic E-state index is -0.636. The van der Waals surface area contributed by atoms with Crippen LogP contribution >= 0.6 is 0 Å². The van der Waals surface area contributed by atoms with Gasteiger partial charge >= 0.3 is 5.97 Å². The van der Waals surface area contributed by atoms with E-state index in [1.165, 1.54) is 18.4 Å². The second-order valence-electron chi connectivity index (χ2n) is 6.20. The monoisotopic (exact) mass is 290 g/mol. The van der Waals surface area contributed by atoms with Crippen LogP contribution < -0.4 is 4.74 Å². The first-order valence-corrected chi connectivity index (χ1v) is 8.07. The Morgan fingerprint density at radius 3 is 2.62 bits per heavy atom. The zero-order valence-corrected chi connectivity index (χ0v) is 13.0. The van der Waals surface area contributed by atoms with Crippen LogP contribution in [0.25, 0.3) is 0 Å². The van der Waals surface area contributed by atoms with Gasteiger partial charge in [0.15, 0.2) is 0 Å². The molecule has 1 N–H and O–H groups in total. The maximum Gasteiger partial charge on any atom is 0.306 e. The van der Waals surface area contributed by atoms with E-state index in [1.54, 1.807) is 0 Å². The fourth-order valence-electron chi connectivity index (χ4n) is 2.84. The van der Waals surface area contributed by atoms with Gasteiger partial charge in [0.2, 0.25) is 0 Å². The number of benzene rings is 1. The van der Waals surface area contributed by atoms with E-state index in [2.05, 4.69) is 26.0 Å². The summed E-state index contributed by atoms with van der Waals surface area (Å²) < 4.78 is 5.71. The van der Waals surface area contributed by atoms with Crippen molar-refractivity contribution in [3.05, 3.63) is 29.8 Å². The summed E-state index contributed by atoms with van der Waals surface area (Å²) in [6.07, 6.45) is 5.33. The number of carboxylic acids is 1. The third-order valence-corrected chi connectivity index (χ3v) is 4.36. The maximum absolute atomic E-state index is 10.9. The Bertz CT molecular complexity index is 452. The Kier molecular flexibility index (Phi) is 5.66. The summed E-state index contributed by atoms with van der Waals surface area (Å²) >= 11 is 0. The van der Waals surface area contributed by atoms with E-state index in [-0.39, 0.29) is 5.92 Å². The molecule has 0 radical (unpaired) electrons. The van der Waals surface area contributed by atoms with Crippen LogP contribution in [0.15, 0.2) is 24.3 Å². The molecule has 116 valence electrons. The highest BCUT2D eigenvalue weighted by Crippen LogP contribution is 2.45. The molecule has 1 saturated carbocycles. The fourth-order valence-corrected chi connectivity index (χ4v) is 2.84. The summed E-state index contributed by atoms with van der Waals surface area (Å²) in [5, 5.41) is 8.95. The molecule has 2 rings (SSSR count). The van der Waals surface area contributed by atoms with Crippen molar-refractivity contribution in [2.75, 3.05) is 6.61 Å². The SMILES string of the molecule is CCCCCOc1ccc(C(C)CC2CC2C(=O)O)cc1. The summed E-state index contributed by atoms with van der Waals surface area (Å²) in [4.78, 5) is 10.9. The summed E-state index contributed by atoms with van der Waals surface area (Å²) in [5.74, 6) is 0.962.